The Labute approximate surface area is 134 Å². The van der Waals surface area contributed by atoms with Crippen molar-refractivity contribution >= 4 is 11.6 Å². The molecule has 1 unspecified atom stereocenters. The molecule has 22 heavy (non-hydrogen) atoms. The molecule has 2 heterocycles. The van der Waals surface area contributed by atoms with Crippen molar-refractivity contribution in [3.05, 3.63) is 46.6 Å². The number of aromatic nitrogens is 2. The van der Waals surface area contributed by atoms with Crippen LogP contribution < -0.4 is 0 Å². The van der Waals surface area contributed by atoms with Gasteiger partial charge in [-0.3, -0.25) is 0 Å². The Bertz CT molecular complexity index is 638. The van der Waals surface area contributed by atoms with Crippen molar-refractivity contribution in [3.8, 4) is 0 Å². The Hall–Kier alpha value is -1.43. The minimum Gasteiger partial charge on any atom is -0.381 e. The third kappa shape index (κ3) is 2.76. The van der Waals surface area contributed by atoms with E-state index in [-0.39, 0.29) is 11.5 Å². The number of hydrogen-bond donors (Lipinski definition) is 0. The summed E-state index contributed by atoms with van der Waals surface area (Å²) < 4.78 is 16.4. The van der Waals surface area contributed by atoms with Crippen molar-refractivity contribution in [2.24, 2.45) is 0 Å². The fraction of sp³-hybridized carbons (Fsp3) is 0.500. The number of methoxy groups -OCH3 is 1. The van der Waals surface area contributed by atoms with Crippen LogP contribution in [0.3, 0.4) is 0 Å². The third-order valence-electron chi connectivity index (χ3n) is 4.29. The number of nitrogens with zero attached hydrogens (tertiary/aromatic N) is 2. The highest BCUT2D eigenvalue weighted by molar-refractivity contribution is 6.30. The maximum atomic E-state index is 6.17. The number of halogens is 1. The van der Waals surface area contributed by atoms with Crippen LogP contribution in [0.15, 0.2) is 28.8 Å². The van der Waals surface area contributed by atoms with E-state index in [9.17, 15) is 0 Å². The number of ether oxygens (including phenoxy) is 2. The molecule has 6 heteroatoms. The van der Waals surface area contributed by atoms with Gasteiger partial charge in [0.15, 0.2) is 5.82 Å². The minimum absolute atomic E-state index is 0.200. The highest BCUT2D eigenvalue weighted by Crippen LogP contribution is 2.41. The molecule has 1 aliphatic rings. The summed E-state index contributed by atoms with van der Waals surface area (Å²) in [5, 5.41) is 4.77. The lowest BCUT2D eigenvalue weighted by molar-refractivity contribution is 0.0523. The van der Waals surface area contributed by atoms with Crippen molar-refractivity contribution in [2.45, 2.75) is 31.3 Å². The maximum absolute atomic E-state index is 6.17. The van der Waals surface area contributed by atoms with E-state index >= 15 is 0 Å². The monoisotopic (exact) mass is 322 g/mol. The molecule has 1 atom stereocenters. The van der Waals surface area contributed by atoms with Crippen molar-refractivity contribution in [1.82, 2.24) is 10.1 Å². The molecule has 1 aliphatic heterocycles. The number of hydrogen-bond acceptors (Lipinski definition) is 5. The maximum Gasteiger partial charge on any atom is 0.237 e. The Kier molecular flexibility index (Phi) is 4.47. The molecule has 118 valence electrons. The number of rotatable bonds is 4. The lowest BCUT2D eigenvalue weighted by atomic mass is 9.74. The molecule has 0 amide bonds. The van der Waals surface area contributed by atoms with E-state index in [1.54, 1.807) is 7.11 Å². The summed E-state index contributed by atoms with van der Waals surface area (Å²) in [5.41, 5.74) is 0.741. The van der Waals surface area contributed by atoms with E-state index in [0.29, 0.717) is 30.0 Å². The summed E-state index contributed by atoms with van der Waals surface area (Å²) in [6.45, 7) is 3.21. The van der Waals surface area contributed by atoms with Crippen molar-refractivity contribution in [1.29, 1.82) is 0 Å². The quantitative estimate of drug-likeness (QED) is 0.862. The van der Waals surface area contributed by atoms with E-state index in [1.165, 1.54) is 0 Å². The van der Waals surface area contributed by atoms with Crippen LogP contribution >= 0.6 is 11.6 Å². The average Bonchev–Trinajstić information content (AvgIpc) is 3.05. The highest BCUT2D eigenvalue weighted by Gasteiger charge is 2.42. The molecule has 0 bridgehead atoms. The lowest BCUT2D eigenvalue weighted by Gasteiger charge is -2.34. The second-order valence-corrected chi connectivity index (χ2v) is 5.98. The molecule has 1 fully saturated rings. The third-order valence-corrected chi connectivity index (χ3v) is 4.53. The first kappa shape index (κ1) is 15.5. The van der Waals surface area contributed by atoms with Gasteiger partial charge < -0.3 is 14.0 Å². The summed E-state index contributed by atoms with van der Waals surface area (Å²) in [7, 11) is 1.63. The van der Waals surface area contributed by atoms with E-state index in [4.69, 9.17) is 25.6 Å². The molecule has 1 saturated heterocycles. The Morgan fingerprint density at radius 2 is 2.09 bits per heavy atom. The highest BCUT2D eigenvalue weighted by atomic mass is 35.5. The predicted molar refractivity (Wildman–Crippen MR) is 82.0 cm³/mol. The molecule has 5 nitrogen and oxygen atoms in total. The molecule has 2 aromatic rings. The van der Waals surface area contributed by atoms with Gasteiger partial charge in [-0.1, -0.05) is 28.9 Å². The second-order valence-electron chi connectivity index (χ2n) is 5.54. The average molecular weight is 323 g/mol. The van der Waals surface area contributed by atoms with Gasteiger partial charge >= 0.3 is 0 Å². The molecular weight excluding hydrogens is 304 g/mol. The zero-order valence-corrected chi connectivity index (χ0v) is 13.5. The molecule has 0 spiro atoms. The zero-order valence-electron chi connectivity index (χ0n) is 12.7. The summed E-state index contributed by atoms with van der Waals surface area (Å²) in [6.07, 6.45) is 1.38. The first-order chi connectivity index (χ1) is 10.7. The first-order valence-electron chi connectivity index (χ1n) is 7.36. The number of benzene rings is 1. The van der Waals surface area contributed by atoms with Gasteiger partial charge in [-0.15, -0.1) is 0 Å². The van der Waals surface area contributed by atoms with Crippen molar-refractivity contribution < 1.29 is 14.0 Å². The molecule has 0 saturated carbocycles. The van der Waals surface area contributed by atoms with Gasteiger partial charge in [0.25, 0.3) is 0 Å². The fourth-order valence-corrected chi connectivity index (χ4v) is 3.02. The lowest BCUT2D eigenvalue weighted by Crippen LogP contribution is -2.35. The van der Waals surface area contributed by atoms with Crippen LogP contribution in [0.5, 0.6) is 0 Å². The molecule has 0 aliphatic carbocycles. The smallest absolute Gasteiger partial charge is 0.237 e. The van der Waals surface area contributed by atoms with E-state index in [2.05, 4.69) is 16.2 Å². The normalized spacial score (nSPS) is 19.0. The SMILES string of the molecule is COC(C)c1noc(C2(c3cccc(Cl)c3)CCOCC2)n1. The van der Waals surface area contributed by atoms with Crippen molar-refractivity contribution in [2.75, 3.05) is 20.3 Å². The van der Waals surface area contributed by atoms with Crippen LogP contribution in [0.1, 0.15) is 43.1 Å². The van der Waals surface area contributed by atoms with Crippen LogP contribution in [0, 0.1) is 0 Å². The van der Waals surface area contributed by atoms with Crippen LogP contribution in [0.4, 0.5) is 0 Å². The Balaban J connectivity index is 2.04. The first-order valence-corrected chi connectivity index (χ1v) is 7.74. The predicted octanol–water partition coefficient (Wildman–Crippen LogP) is 3.53. The standard InChI is InChI=1S/C16H19ClN2O3/c1-11(20-2)14-18-15(22-19-14)16(6-8-21-9-7-16)12-4-3-5-13(17)10-12/h3-5,10-11H,6-9H2,1-2H3. The van der Waals surface area contributed by atoms with Gasteiger partial charge in [0, 0.05) is 25.3 Å². The topological polar surface area (TPSA) is 57.4 Å². The van der Waals surface area contributed by atoms with Gasteiger partial charge in [-0.25, -0.2) is 0 Å². The van der Waals surface area contributed by atoms with Crippen LogP contribution in [-0.2, 0) is 14.9 Å². The van der Waals surface area contributed by atoms with Crippen LogP contribution in [0.2, 0.25) is 5.02 Å². The molecule has 1 aromatic heterocycles. The van der Waals surface area contributed by atoms with Gasteiger partial charge in [-0.2, -0.15) is 4.98 Å². The van der Waals surface area contributed by atoms with E-state index in [1.807, 2.05) is 25.1 Å². The van der Waals surface area contributed by atoms with Gasteiger partial charge in [0.05, 0.1) is 5.41 Å². The second kappa shape index (κ2) is 6.36. The van der Waals surface area contributed by atoms with Gasteiger partial charge in [0.1, 0.15) is 6.10 Å². The Morgan fingerprint density at radius 1 is 1.32 bits per heavy atom. The fourth-order valence-electron chi connectivity index (χ4n) is 2.83. The van der Waals surface area contributed by atoms with Crippen molar-refractivity contribution in [3.63, 3.8) is 0 Å². The van der Waals surface area contributed by atoms with E-state index < -0.39 is 0 Å². The van der Waals surface area contributed by atoms with Gasteiger partial charge in [0.2, 0.25) is 5.89 Å². The molecule has 0 N–H and O–H groups in total. The summed E-state index contributed by atoms with van der Waals surface area (Å²) in [4.78, 5) is 4.58. The van der Waals surface area contributed by atoms with Crippen LogP contribution in [0.25, 0.3) is 0 Å². The largest absolute Gasteiger partial charge is 0.381 e. The summed E-state index contributed by atoms with van der Waals surface area (Å²) in [5.74, 6) is 1.17. The summed E-state index contributed by atoms with van der Waals surface area (Å²) >= 11 is 6.17. The summed E-state index contributed by atoms with van der Waals surface area (Å²) in [6, 6.07) is 7.84. The van der Waals surface area contributed by atoms with Gasteiger partial charge in [-0.05, 0) is 37.5 Å². The molecular formula is C16H19ClN2O3. The Morgan fingerprint density at radius 3 is 2.77 bits per heavy atom. The molecule has 0 radical (unpaired) electrons. The molecule has 1 aromatic carbocycles. The minimum atomic E-state index is -0.345. The zero-order chi connectivity index (χ0) is 15.6. The van der Waals surface area contributed by atoms with E-state index in [0.717, 1.165) is 18.4 Å². The van der Waals surface area contributed by atoms with Crippen LogP contribution in [-0.4, -0.2) is 30.5 Å². The molecule has 3 rings (SSSR count).